The molecule has 1 aliphatic rings. The van der Waals surface area contributed by atoms with Gasteiger partial charge < -0.3 is 4.74 Å². The number of allylic oxidation sites excluding steroid dienone is 5. The molecule has 2 heteroatoms. The lowest BCUT2D eigenvalue weighted by Gasteiger charge is -2.28. The Morgan fingerprint density at radius 1 is 0.475 bits per heavy atom. The van der Waals surface area contributed by atoms with Gasteiger partial charge in [0.1, 0.15) is 11.7 Å². The lowest BCUT2D eigenvalue weighted by molar-refractivity contribution is -0.157. The highest BCUT2D eigenvalue weighted by Gasteiger charge is 2.36. The molecule has 0 radical (unpaired) electrons. The van der Waals surface area contributed by atoms with Crippen molar-refractivity contribution >= 4 is 5.97 Å². The normalized spacial score (nSPS) is 16.4. The van der Waals surface area contributed by atoms with Gasteiger partial charge in [0.2, 0.25) is 0 Å². The number of cyclic esters (lactones) is 1. The van der Waals surface area contributed by atoms with Crippen LogP contribution in [0.25, 0.3) is 0 Å². The molecule has 0 saturated carbocycles. The second kappa shape index (κ2) is 29.2. The van der Waals surface area contributed by atoms with E-state index in [-0.39, 0.29) is 11.9 Å². The molecule has 1 fully saturated rings. The minimum absolute atomic E-state index is 0.0148. The molecule has 0 aromatic heterocycles. The lowest BCUT2D eigenvalue weighted by atomic mass is 9.93. The zero-order chi connectivity index (χ0) is 28.8. The summed E-state index contributed by atoms with van der Waals surface area (Å²) in [6.45, 7) is 4.41. The Balaban J connectivity index is 1.85. The minimum Gasteiger partial charge on any atom is -0.430 e. The third kappa shape index (κ3) is 22.4. The summed E-state index contributed by atoms with van der Waals surface area (Å²) in [6.07, 6.45) is 48.4. The summed E-state index contributed by atoms with van der Waals surface area (Å²) in [4.78, 5) is 11.9. The maximum Gasteiger partial charge on any atom is 0.321 e. The summed E-state index contributed by atoms with van der Waals surface area (Å²) in [7, 11) is 0. The minimum atomic E-state index is 0.0148. The highest BCUT2D eigenvalue weighted by Crippen LogP contribution is 2.32. The molecule has 1 saturated heterocycles. The fourth-order valence-electron chi connectivity index (χ4n) is 5.77. The van der Waals surface area contributed by atoms with Crippen molar-refractivity contribution in [2.45, 2.75) is 194 Å². The average Bonchev–Trinajstić information content (AvgIpc) is 2.96. The molecule has 40 heavy (non-hydrogen) atoms. The molecule has 1 heterocycles. The quantitative estimate of drug-likeness (QED) is 0.0499. The van der Waals surface area contributed by atoms with E-state index in [1.807, 2.05) is 0 Å². The predicted molar refractivity (Wildman–Crippen MR) is 177 cm³/mol. The number of unbranched alkanes of at least 4 members (excludes halogenated alkanes) is 23. The number of esters is 1. The Bertz CT molecular complexity index is 644. The molecular formula is C38H68O2. The van der Waals surface area contributed by atoms with Gasteiger partial charge in [-0.3, -0.25) is 4.79 Å². The Hall–Kier alpha value is -1.31. The third-order valence-electron chi connectivity index (χ3n) is 8.44. The number of carbonyl (C=O) groups excluding carboxylic acids is 1. The van der Waals surface area contributed by atoms with Crippen LogP contribution >= 0.6 is 0 Å². The van der Waals surface area contributed by atoms with Gasteiger partial charge in [-0.25, -0.2) is 0 Å². The van der Waals surface area contributed by atoms with Crippen molar-refractivity contribution in [3.63, 3.8) is 0 Å². The Labute approximate surface area is 250 Å². The Kier molecular flexibility index (Phi) is 26.8. The van der Waals surface area contributed by atoms with Gasteiger partial charge in [0.25, 0.3) is 0 Å². The molecule has 1 atom stereocenters. The predicted octanol–water partition coefficient (Wildman–Crippen LogP) is 13.1. The van der Waals surface area contributed by atoms with Gasteiger partial charge in [-0.1, -0.05) is 160 Å². The highest BCUT2D eigenvalue weighted by molar-refractivity contribution is 5.82. The SMILES string of the molecule is CC/C=C/CCCCCCCCCCCCC/C=C1/OC(=O)C1CCCCCCCCCCCCC/C=C/CC. The van der Waals surface area contributed by atoms with E-state index < -0.39 is 0 Å². The van der Waals surface area contributed by atoms with Crippen molar-refractivity contribution in [2.24, 2.45) is 5.92 Å². The molecule has 1 unspecified atom stereocenters. The van der Waals surface area contributed by atoms with Crippen LogP contribution in [0.4, 0.5) is 0 Å². The van der Waals surface area contributed by atoms with Crippen molar-refractivity contribution in [1.29, 1.82) is 0 Å². The molecule has 0 aromatic carbocycles. The zero-order valence-corrected chi connectivity index (χ0v) is 27.1. The van der Waals surface area contributed by atoms with Gasteiger partial charge in [0.05, 0.1) is 0 Å². The van der Waals surface area contributed by atoms with Gasteiger partial charge in [-0.05, 0) is 63.9 Å². The molecule has 0 spiro atoms. The monoisotopic (exact) mass is 557 g/mol. The van der Waals surface area contributed by atoms with Crippen LogP contribution in [0.5, 0.6) is 0 Å². The van der Waals surface area contributed by atoms with Crippen LogP contribution in [0.3, 0.4) is 0 Å². The molecular weight excluding hydrogens is 488 g/mol. The van der Waals surface area contributed by atoms with Crippen LogP contribution in [0.2, 0.25) is 0 Å². The van der Waals surface area contributed by atoms with Crippen molar-refractivity contribution < 1.29 is 9.53 Å². The number of rotatable bonds is 30. The zero-order valence-electron chi connectivity index (χ0n) is 27.1. The van der Waals surface area contributed by atoms with Crippen molar-refractivity contribution in [3.05, 3.63) is 36.1 Å². The number of carbonyl (C=O) groups is 1. The summed E-state index contributed by atoms with van der Waals surface area (Å²) in [6, 6.07) is 0. The van der Waals surface area contributed by atoms with E-state index in [1.54, 1.807) is 0 Å². The van der Waals surface area contributed by atoms with E-state index >= 15 is 0 Å². The molecule has 0 aromatic rings. The fraction of sp³-hybridized carbons (Fsp3) is 0.816. The first kappa shape index (κ1) is 36.7. The number of ether oxygens (including phenoxy) is 1. The van der Waals surface area contributed by atoms with E-state index in [0.717, 1.165) is 18.6 Å². The second-order valence-electron chi connectivity index (χ2n) is 12.3. The summed E-state index contributed by atoms with van der Waals surface area (Å²) in [5, 5.41) is 0. The Morgan fingerprint density at radius 3 is 1.20 bits per heavy atom. The van der Waals surface area contributed by atoms with Gasteiger partial charge in [0.15, 0.2) is 0 Å². The summed E-state index contributed by atoms with van der Waals surface area (Å²) in [5.74, 6) is 1.07. The maximum atomic E-state index is 11.9. The van der Waals surface area contributed by atoms with Gasteiger partial charge >= 0.3 is 5.97 Å². The number of hydrogen-bond acceptors (Lipinski definition) is 2. The van der Waals surface area contributed by atoms with Crippen LogP contribution in [0.15, 0.2) is 36.1 Å². The summed E-state index contributed by atoms with van der Waals surface area (Å²) >= 11 is 0. The standard InChI is InChI=1S/C38H68O2/c1-3-5-7-9-11-13-15-17-19-21-23-25-27-29-31-33-35-37-36(38(39)40-37)34-32-30-28-26-24-22-20-18-16-14-12-10-8-6-4-2/h5-8,35-36H,3-4,9-34H2,1-2H3/b7-5+,8-6+,37-35+. The second-order valence-corrected chi connectivity index (χ2v) is 12.3. The molecule has 0 bridgehead atoms. The van der Waals surface area contributed by atoms with Crippen LogP contribution in [0, 0.1) is 5.92 Å². The Morgan fingerprint density at radius 2 is 0.825 bits per heavy atom. The van der Waals surface area contributed by atoms with E-state index in [2.05, 4.69) is 44.2 Å². The first-order valence-electron chi connectivity index (χ1n) is 18.0. The van der Waals surface area contributed by atoms with E-state index in [4.69, 9.17) is 4.74 Å². The van der Waals surface area contributed by atoms with Crippen LogP contribution < -0.4 is 0 Å². The highest BCUT2D eigenvalue weighted by atomic mass is 16.6. The van der Waals surface area contributed by atoms with Crippen LogP contribution in [-0.4, -0.2) is 5.97 Å². The van der Waals surface area contributed by atoms with E-state index in [0.29, 0.717) is 0 Å². The maximum absolute atomic E-state index is 11.9. The van der Waals surface area contributed by atoms with Gasteiger partial charge in [0, 0.05) is 0 Å². The van der Waals surface area contributed by atoms with Crippen LogP contribution in [-0.2, 0) is 9.53 Å². The summed E-state index contributed by atoms with van der Waals surface area (Å²) in [5.41, 5.74) is 0. The summed E-state index contributed by atoms with van der Waals surface area (Å²) < 4.78 is 5.37. The first-order valence-corrected chi connectivity index (χ1v) is 18.0. The molecule has 1 rings (SSSR count). The van der Waals surface area contributed by atoms with Gasteiger partial charge in [-0.2, -0.15) is 0 Å². The van der Waals surface area contributed by atoms with E-state index in [9.17, 15) is 4.79 Å². The topological polar surface area (TPSA) is 26.3 Å². The van der Waals surface area contributed by atoms with Crippen LogP contribution in [0.1, 0.15) is 194 Å². The number of hydrogen-bond donors (Lipinski definition) is 0. The molecule has 0 N–H and O–H groups in total. The van der Waals surface area contributed by atoms with Gasteiger partial charge in [-0.15, -0.1) is 0 Å². The largest absolute Gasteiger partial charge is 0.430 e. The van der Waals surface area contributed by atoms with Crippen molar-refractivity contribution in [2.75, 3.05) is 0 Å². The molecule has 232 valence electrons. The van der Waals surface area contributed by atoms with Crippen molar-refractivity contribution in [1.82, 2.24) is 0 Å². The first-order chi connectivity index (χ1) is 19.8. The third-order valence-corrected chi connectivity index (χ3v) is 8.44. The molecule has 0 aliphatic carbocycles. The molecule has 0 amide bonds. The van der Waals surface area contributed by atoms with E-state index in [1.165, 1.54) is 167 Å². The lowest BCUT2D eigenvalue weighted by Crippen LogP contribution is -2.32. The molecule has 2 nitrogen and oxygen atoms in total. The molecule has 1 aliphatic heterocycles. The van der Waals surface area contributed by atoms with Crippen molar-refractivity contribution in [3.8, 4) is 0 Å². The average molecular weight is 557 g/mol. The smallest absolute Gasteiger partial charge is 0.321 e. The fourth-order valence-corrected chi connectivity index (χ4v) is 5.77.